The fourth-order valence-corrected chi connectivity index (χ4v) is 2.53. The maximum absolute atomic E-state index is 12.0. The zero-order valence-electron chi connectivity index (χ0n) is 12.5. The van der Waals surface area contributed by atoms with Crippen LogP contribution in [-0.4, -0.2) is 23.3 Å². The van der Waals surface area contributed by atoms with Gasteiger partial charge in [0.2, 0.25) is 5.91 Å². The van der Waals surface area contributed by atoms with Crippen molar-refractivity contribution in [2.24, 2.45) is 0 Å². The highest BCUT2D eigenvalue weighted by atomic mass is 127. The first-order chi connectivity index (χ1) is 11.5. The lowest BCUT2D eigenvalue weighted by molar-refractivity contribution is -0.384. The van der Waals surface area contributed by atoms with E-state index in [-0.39, 0.29) is 30.6 Å². The number of nitro benzene ring substituents is 1. The molecule has 124 valence electrons. The van der Waals surface area contributed by atoms with Gasteiger partial charge in [-0.25, -0.2) is 0 Å². The monoisotopic (exact) mass is 439 g/mol. The second-order valence-electron chi connectivity index (χ2n) is 4.86. The van der Waals surface area contributed by atoms with Crippen LogP contribution >= 0.6 is 22.6 Å². The lowest BCUT2D eigenvalue weighted by Gasteiger charge is -2.08. The van der Waals surface area contributed by atoms with Gasteiger partial charge in [0, 0.05) is 22.2 Å². The van der Waals surface area contributed by atoms with Crippen molar-refractivity contribution in [3.8, 4) is 0 Å². The van der Waals surface area contributed by atoms with Gasteiger partial charge < -0.3 is 10.6 Å². The number of halogens is 1. The van der Waals surface area contributed by atoms with E-state index in [0.717, 1.165) is 9.13 Å². The number of nitro groups is 1. The van der Waals surface area contributed by atoms with Crippen LogP contribution in [0.1, 0.15) is 15.9 Å². The molecule has 0 atom stereocenters. The molecule has 0 aliphatic heterocycles. The van der Waals surface area contributed by atoms with Crippen molar-refractivity contribution in [3.63, 3.8) is 0 Å². The number of amides is 2. The second kappa shape index (κ2) is 8.39. The van der Waals surface area contributed by atoms with E-state index in [1.54, 1.807) is 24.3 Å². The summed E-state index contributed by atoms with van der Waals surface area (Å²) < 4.78 is 0.805. The van der Waals surface area contributed by atoms with Crippen LogP contribution in [0.2, 0.25) is 0 Å². The highest BCUT2D eigenvalue weighted by Crippen LogP contribution is 2.12. The quantitative estimate of drug-likeness (QED) is 0.410. The molecule has 0 spiro atoms. The van der Waals surface area contributed by atoms with E-state index in [1.807, 2.05) is 12.1 Å². The summed E-state index contributed by atoms with van der Waals surface area (Å²) >= 11 is 2.05. The number of non-ortho nitro benzene ring substituents is 1. The van der Waals surface area contributed by atoms with Crippen LogP contribution in [0.15, 0.2) is 48.5 Å². The molecule has 0 unspecified atom stereocenters. The van der Waals surface area contributed by atoms with Crippen LogP contribution in [0.3, 0.4) is 0 Å². The Labute approximate surface area is 151 Å². The van der Waals surface area contributed by atoms with Gasteiger partial charge >= 0.3 is 0 Å². The first kappa shape index (κ1) is 17.9. The van der Waals surface area contributed by atoms with Gasteiger partial charge in [0.15, 0.2) is 0 Å². The normalized spacial score (nSPS) is 10.0. The standard InChI is InChI=1S/C16H14IN3O4/c17-14-4-2-1-3-13(14)16(22)19-10-15(21)18-9-11-5-7-12(8-6-11)20(23)24/h1-8H,9-10H2,(H,18,21)(H,19,22). The zero-order valence-corrected chi connectivity index (χ0v) is 14.6. The van der Waals surface area contributed by atoms with Gasteiger partial charge in [-0.05, 0) is 40.3 Å². The summed E-state index contributed by atoms with van der Waals surface area (Å²) in [5.41, 5.74) is 1.24. The second-order valence-corrected chi connectivity index (χ2v) is 6.03. The van der Waals surface area contributed by atoms with Crippen molar-refractivity contribution in [3.05, 3.63) is 73.3 Å². The molecular weight excluding hydrogens is 425 g/mol. The van der Waals surface area contributed by atoms with E-state index in [2.05, 4.69) is 33.2 Å². The van der Waals surface area contributed by atoms with E-state index < -0.39 is 4.92 Å². The molecule has 7 nitrogen and oxygen atoms in total. The van der Waals surface area contributed by atoms with Crippen LogP contribution in [-0.2, 0) is 11.3 Å². The molecule has 2 aromatic rings. The van der Waals surface area contributed by atoms with E-state index in [1.165, 1.54) is 12.1 Å². The molecule has 0 aromatic heterocycles. The van der Waals surface area contributed by atoms with Gasteiger partial charge in [-0.3, -0.25) is 19.7 Å². The number of nitrogens with zero attached hydrogens (tertiary/aromatic N) is 1. The molecular formula is C16H14IN3O4. The Hall–Kier alpha value is -2.49. The largest absolute Gasteiger partial charge is 0.350 e. The van der Waals surface area contributed by atoms with Crippen molar-refractivity contribution in [2.45, 2.75) is 6.54 Å². The highest BCUT2D eigenvalue weighted by Gasteiger charge is 2.10. The van der Waals surface area contributed by atoms with Crippen LogP contribution < -0.4 is 10.6 Å². The Kier molecular flexibility index (Phi) is 6.24. The maximum atomic E-state index is 12.0. The molecule has 0 fully saturated rings. The fraction of sp³-hybridized carbons (Fsp3) is 0.125. The number of hydrogen-bond acceptors (Lipinski definition) is 4. The number of hydrogen-bond donors (Lipinski definition) is 2. The molecule has 0 bridgehead atoms. The van der Waals surface area contributed by atoms with Gasteiger partial charge in [0.1, 0.15) is 0 Å². The molecule has 0 heterocycles. The Morgan fingerprint density at radius 1 is 1.04 bits per heavy atom. The SMILES string of the molecule is O=C(CNC(=O)c1ccccc1I)NCc1ccc([N+](=O)[O-])cc1. The lowest BCUT2D eigenvalue weighted by atomic mass is 10.2. The van der Waals surface area contributed by atoms with Crippen molar-refractivity contribution < 1.29 is 14.5 Å². The molecule has 2 amide bonds. The summed E-state index contributed by atoms with van der Waals surface area (Å²) in [5, 5.41) is 15.8. The summed E-state index contributed by atoms with van der Waals surface area (Å²) in [4.78, 5) is 33.8. The van der Waals surface area contributed by atoms with E-state index in [4.69, 9.17) is 0 Å². The summed E-state index contributed by atoms with van der Waals surface area (Å²) in [5.74, 6) is -0.655. The van der Waals surface area contributed by atoms with Crippen molar-refractivity contribution in [1.82, 2.24) is 10.6 Å². The first-order valence-electron chi connectivity index (χ1n) is 7.00. The molecule has 2 N–H and O–H groups in total. The minimum absolute atomic E-state index is 0.00481. The number of carbonyl (C=O) groups is 2. The van der Waals surface area contributed by atoms with Crippen LogP contribution in [0.5, 0.6) is 0 Å². The summed E-state index contributed by atoms with van der Waals surface area (Å²) in [6.07, 6.45) is 0. The van der Waals surface area contributed by atoms with Gasteiger partial charge in [-0.1, -0.05) is 24.3 Å². The smallest absolute Gasteiger partial charge is 0.269 e. The van der Waals surface area contributed by atoms with Gasteiger partial charge in [0.05, 0.1) is 17.0 Å². The van der Waals surface area contributed by atoms with Gasteiger partial charge in [-0.15, -0.1) is 0 Å². The van der Waals surface area contributed by atoms with Crippen molar-refractivity contribution >= 4 is 40.1 Å². The Morgan fingerprint density at radius 3 is 2.33 bits per heavy atom. The molecule has 0 saturated carbocycles. The van der Waals surface area contributed by atoms with Crippen molar-refractivity contribution in [1.29, 1.82) is 0 Å². The van der Waals surface area contributed by atoms with Gasteiger partial charge in [-0.2, -0.15) is 0 Å². The summed E-state index contributed by atoms with van der Waals surface area (Å²) in [6.45, 7) is 0.0896. The molecule has 0 saturated heterocycles. The Bertz CT molecular complexity index is 762. The third-order valence-corrected chi connectivity index (χ3v) is 4.11. The number of benzene rings is 2. The summed E-state index contributed by atoms with van der Waals surface area (Å²) in [7, 11) is 0. The minimum atomic E-state index is -0.483. The molecule has 2 rings (SSSR count). The highest BCUT2D eigenvalue weighted by molar-refractivity contribution is 14.1. The average Bonchev–Trinajstić information content (AvgIpc) is 2.58. The molecule has 0 aliphatic carbocycles. The third-order valence-electron chi connectivity index (χ3n) is 3.16. The third kappa shape index (κ3) is 5.01. The van der Waals surface area contributed by atoms with Crippen LogP contribution in [0, 0.1) is 13.7 Å². The van der Waals surface area contributed by atoms with Crippen LogP contribution in [0.25, 0.3) is 0 Å². The molecule has 0 aliphatic rings. The Morgan fingerprint density at radius 2 is 1.71 bits per heavy atom. The molecule has 2 aromatic carbocycles. The van der Waals surface area contributed by atoms with E-state index in [9.17, 15) is 19.7 Å². The first-order valence-corrected chi connectivity index (χ1v) is 8.08. The Balaban J connectivity index is 1.80. The lowest BCUT2D eigenvalue weighted by Crippen LogP contribution is -2.36. The number of nitrogens with one attached hydrogen (secondary N) is 2. The van der Waals surface area contributed by atoms with E-state index in [0.29, 0.717) is 5.56 Å². The number of carbonyl (C=O) groups excluding carboxylic acids is 2. The minimum Gasteiger partial charge on any atom is -0.350 e. The van der Waals surface area contributed by atoms with E-state index >= 15 is 0 Å². The summed E-state index contributed by atoms with van der Waals surface area (Å²) in [6, 6.07) is 13.0. The number of rotatable bonds is 6. The molecule has 0 radical (unpaired) electrons. The molecule has 24 heavy (non-hydrogen) atoms. The van der Waals surface area contributed by atoms with Gasteiger partial charge in [0.25, 0.3) is 11.6 Å². The average molecular weight is 439 g/mol. The predicted molar refractivity (Wildman–Crippen MR) is 96.4 cm³/mol. The predicted octanol–water partition coefficient (Wildman–Crippen LogP) is 2.25. The van der Waals surface area contributed by atoms with Crippen molar-refractivity contribution in [2.75, 3.05) is 6.54 Å². The fourth-order valence-electron chi connectivity index (χ4n) is 1.90. The zero-order chi connectivity index (χ0) is 17.5. The maximum Gasteiger partial charge on any atom is 0.269 e. The van der Waals surface area contributed by atoms with Crippen LogP contribution in [0.4, 0.5) is 5.69 Å². The molecule has 8 heteroatoms. The topological polar surface area (TPSA) is 101 Å².